The second kappa shape index (κ2) is 8.42. The van der Waals surface area contributed by atoms with Gasteiger partial charge in [0.15, 0.2) is 18.1 Å². The molecule has 2 N–H and O–H groups in total. The maximum absolute atomic E-state index is 12.3. The van der Waals surface area contributed by atoms with Gasteiger partial charge in [-0.1, -0.05) is 37.1 Å². The number of nitrogens with zero attached hydrogens (tertiary/aromatic N) is 1. The molecule has 5 nitrogen and oxygen atoms in total. The zero-order valence-electron chi connectivity index (χ0n) is 14.3. The maximum Gasteiger partial charge on any atom is 0.262 e. The zero-order chi connectivity index (χ0) is 17.5. The van der Waals surface area contributed by atoms with Crippen LogP contribution in [0.1, 0.15) is 25.7 Å². The molecule has 2 aromatic carbocycles. The summed E-state index contributed by atoms with van der Waals surface area (Å²) in [7, 11) is 0. The van der Waals surface area contributed by atoms with Crippen molar-refractivity contribution in [3.05, 3.63) is 48.5 Å². The second-order valence-corrected chi connectivity index (χ2v) is 6.22. The topological polar surface area (TPSA) is 61.8 Å². The summed E-state index contributed by atoms with van der Waals surface area (Å²) >= 11 is 0. The number of rotatable bonds is 5. The zero-order valence-corrected chi connectivity index (χ0v) is 14.3. The monoisotopic (exact) mass is 340 g/mol. The highest BCUT2D eigenvalue weighted by molar-refractivity contribution is 5.95. The van der Waals surface area contributed by atoms with E-state index >= 15 is 0 Å². The van der Waals surface area contributed by atoms with Crippen molar-refractivity contribution >= 4 is 17.3 Å². The van der Waals surface area contributed by atoms with E-state index in [0.29, 0.717) is 5.75 Å². The quantitative estimate of drug-likeness (QED) is 0.869. The van der Waals surface area contributed by atoms with Crippen LogP contribution in [0.2, 0.25) is 0 Å². The highest BCUT2D eigenvalue weighted by Crippen LogP contribution is 2.28. The van der Waals surface area contributed by atoms with Gasteiger partial charge in [0.05, 0.1) is 11.4 Å². The predicted octanol–water partition coefficient (Wildman–Crippen LogP) is 3.79. The number of benzene rings is 2. The fraction of sp³-hybridized carbons (Fsp3) is 0.350. The smallest absolute Gasteiger partial charge is 0.262 e. The van der Waals surface area contributed by atoms with Crippen molar-refractivity contribution in [1.29, 1.82) is 0 Å². The molecule has 0 spiro atoms. The summed E-state index contributed by atoms with van der Waals surface area (Å²) in [6.07, 6.45) is 4.89. The minimum absolute atomic E-state index is 0.0280. The Morgan fingerprint density at radius 3 is 2.44 bits per heavy atom. The van der Waals surface area contributed by atoms with Gasteiger partial charge in [0.2, 0.25) is 0 Å². The Morgan fingerprint density at radius 1 is 1.00 bits per heavy atom. The van der Waals surface area contributed by atoms with Crippen LogP contribution in [0.5, 0.6) is 11.5 Å². The van der Waals surface area contributed by atoms with Crippen molar-refractivity contribution in [1.82, 2.24) is 0 Å². The van der Waals surface area contributed by atoms with Crippen LogP contribution < -0.4 is 15.0 Å². The number of phenols is 1. The molecule has 1 heterocycles. The van der Waals surface area contributed by atoms with Crippen LogP contribution in [0.15, 0.2) is 48.5 Å². The standard InChI is InChI=1S/C20H24N2O3/c23-18-11-5-6-12-19(18)25-15-20(24)21-16-9-3-4-10-17(16)22-13-7-1-2-8-14-22/h3-6,9-12,23H,1-2,7-8,13-15H2,(H,21,24). The van der Waals surface area contributed by atoms with Crippen molar-refractivity contribution in [2.24, 2.45) is 0 Å². The molecule has 1 fully saturated rings. The molecule has 0 aromatic heterocycles. The second-order valence-electron chi connectivity index (χ2n) is 6.22. The van der Waals surface area contributed by atoms with Crippen LogP contribution in [0.25, 0.3) is 0 Å². The van der Waals surface area contributed by atoms with Gasteiger partial charge in [-0.3, -0.25) is 4.79 Å². The Morgan fingerprint density at radius 2 is 1.68 bits per heavy atom. The van der Waals surface area contributed by atoms with E-state index in [0.717, 1.165) is 24.5 Å². The molecule has 0 saturated carbocycles. The summed E-state index contributed by atoms with van der Waals surface area (Å²) in [5.74, 6) is 0.0873. The largest absolute Gasteiger partial charge is 0.504 e. The van der Waals surface area contributed by atoms with Crippen LogP contribution in [-0.4, -0.2) is 30.7 Å². The van der Waals surface area contributed by atoms with Crippen molar-refractivity contribution < 1.29 is 14.6 Å². The van der Waals surface area contributed by atoms with E-state index in [1.807, 2.05) is 24.3 Å². The maximum atomic E-state index is 12.3. The molecular weight excluding hydrogens is 316 g/mol. The third-order valence-electron chi connectivity index (χ3n) is 4.35. The third-order valence-corrected chi connectivity index (χ3v) is 4.35. The Balaban J connectivity index is 1.64. The number of phenolic OH excluding ortho intramolecular Hbond substituents is 1. The molecule has 3 rings (SSSR count). The molecule has 1 saturated heterocycles. The molecule has 1 aliphatic heterocycles. The fourth-order valence-corrected chi connectivity index (χ4v) is 3.08. The lowest BCUT2D eigenvalue weighted by Crippen LogP contribution is -2.27. The van der Waals surface area contributed by atoms with Gasteiger partial charge in [-0.05, 0) is 37.1 Å². The van der Waals surface area contributed by atoms with Crippen molar-refractivity contribution in [3.63, 3.8) is 0 Å². The van der Waals surface area contributed by atoms with Gasteiger partial charge in [-0.25, -0.2) is 0 Å². The van der Waals surface area contributed by atoms with Crippen LogP contribution in [0.3, 0.4) is 0 Å². The lowest BCUT2D eigenvalue weighted by Gasteiger charge is -2.25. The number of amides is 1. The van der Waals surface area contributed by atoms with Crippen LogP contribution in [-0.2, 0) is 4.79 Å². The predicted molar refractivity (Wildman–Crippen MR) is 99.4 cm³/mol. The van der Waals surface area contributed by atoms with Crippen molar-refractivity contribution in [2.45, 2.75) is 25.7 Å². The lowest BCUT2D eigenvalue weighted by atomic mass is 10.2. The Hall–Kier alpha value is -2.69. The van der Waals surface area contributed by atoms with Gasteiger partial charge in [0.1, 0.15) is 0 Å². The molecule has 132 valence electrons. The first-order valence-electron chi connectivity index (χ1n) is 8.78. The van der Waals surface area contributed by atoms with Gasteiger partial charge in [0, 0.05) is 13.1 Å². The van der Waals surface area contributed by atoms with Crippen LogP contribution >= 0.6 is 0 Å². The van der Waals surface area contributed by atoms with Gasteiger partial charge >= 0.3 is 0 Å². The highest BCUT2D eigenvalue weighted by atomic mass is 16.5. The third kappa shape index (κ3) is 4.66. The Bertz CT molecular complexity index is 710. The summed E-state index contributed by atoms with van der Waals surface area (Å²) in [6, 6.07) is 14.5. The first-order valence-corrected chi connectivity index (χ1v) is 8.78. The van der Waals surface area contributed by atoms with Crippen molar-refractivity contribution in [3.8, 4) is 11.5 Å². The molecule has 1 aliphatic rings. The van der Waals surface area contributed by atoms with Gasteiger partial charge in [-0.2, -0.15) is 0 Å². The van der Waals surface area contributed by atoms with Gasteiger partial charge in [-0.15, -0.1) is 0 Å². The summed E-state index contributed by atoms with van der Waals surface area (Å²) in [6.45, 7) is 1.88. The van der Waals surface area contributed by atoms with Gasteiger partial charge < -0.3 is 20.1 Å². The molecular formula is C20H24N2O3. The summed E-state index contributed by atoms with van der Waals surface area (Å²) in [5.41, 5.74) is 1.86. The average molecular weight is 340 g/mol. The number of hydrogen-bond donors (Lipinski definition) is 2. The molecule has 5 heteroatoms. The lowest BCUT2D eigenvalue weighted by molar-refractivity contribution is -0.118. The summed E-state index contributed by atoms with van der Waals surface area (Å²) < 4.78 is 5.40. The van der Waals surface area contributed by atoms with Gasteiger partial charge in [0.25, 0.3) is 5.91 Å². The number of para-hydroxylation sites is 4. The minimum Gasteiger partial charge on any atom is -0.504 e. The van der Waals surface area contributed by atoms with E-state index in [9.17, 15) is 9.90 Å². The van der Waals surface area contributed by atoms with Crippen LogP contribution in [0, 0.1) is 0 Å². The van der Waals surface area contributed by atoms with E-state index in [1.165, 1.54) is 31.7 Å². The number of ether oxygens (including phenoxy) is 1. The number of nitrogens with one attached hydrogen (secondary N) is 1. The number of carbonyl (C=O) groups is 1. The molecule has 0 unspecified atom stereocenters. The number of anilines is 2. The highest BCUT2D eigenvalue weighted by Gasteiger charge is 2.15. The first-order chi connectivity index (χ1) is 12.2. The SMILES string of the molecule is O=C(COc1ccccc1O)Nc1ccccc1N1CCCCCC1. The Labute approximate surface area is 148 Å². The van der Waals surface area contributed by atoms with E-state index in [1.54, 1.807) is 18.2 Å². The van der Waals surface area contributed by atoms with E-state index in [4.69, 9.17) is 4.74 Å². The number of aromatic hydroxyl groups is 1. The molecule has 0 radical (unpaired) electrons. The average Bonchev–Trinajstić information content (AvgIpc) is 2.91. The molecule has 0 bridgehead atoms. The molecule has 2 aromatic rings. The minimum atomic E-state index is -0.245. The number of hydrogen-bond acceptors (Lipinski definition) is 4. The van der Waals surface area contributed by atoms with E-state index < -0.39 is 0 Å². The van der Waals surface area contributed by atoms with Crippen molar-refractivity contribution in [2.75, 3.05) is 29.9 Å². The van der Waals surface area contributed by atoms with Crippen LogP contribution in [0.4, 0.5) is 11.4 Å². The summed E-state index contributed by atoms with van der Waals surface area (Å²) in [4.78, 5) is 14.6. The molecule has 0 atom stereocenters. The number of carbonyl (C=O) groups excluding carboxylic acids is 1. The molecule has 1 amide bonds. The summed E-state index contributed by atoms with van der Waals surface area (Å²) in [5, 5.41) is 12.6. The first kappa shape index (κ1) is 17.1. The van der Waals surface area contributed by atoms with E-state index in [2.05, 4.69) is 10.2 Å². The fourth-order valence-electron chi connectivity index (χ4n) is 3.08. The van der Waals surface area contributed by atoms with E-state index in [-0.39, 0.29) is 18.3 Å². The normalized spacial score (nSPS) is 14.6. The molecule has 25 heavy (non-hydrogen) atoms. The molecule has 0 aliphatic carbocycles. The Kier molecular flexibility index (Phi) is 5.77.